The van der Waals surface area contributed by atoms with E-state index in [0.29, 0.717) is 6.10 Å². The highest BCUT2D eigenvalue weighted by atomic mass is 16.5. The van der Waals surface area contributed by atoms with E-state index in [1.807, 2.05) is 19.9 Å². The topological polar surface area (TPSA) is 9.23 Å². The Hall–Kier alpha value is -0.300. The number of rotatable bonds is 1. The molecule has 0 saturated carbocycles. The monoisotopic (exact) mass is 128 g/mol. The average molecular weight is 128 g/mol. The molecule has 1 heterocycles. The normalized spacial score (nSPS) is 24.4. The first-order valence-corrected chi connectivity index (χ1v) is 3.67. The van der Waals surface area contributed by atoms with Crippen LogP contribution in [0.2, 0.25) is 0 Å². The van der Waals surface area contributed by atoms with Crippen molar-refractivity contribution in [2.24, 2.45) is 0 Å². The van der Waals surface area contributed by atoms with Crippen molar-refractivity contribution in [2.45, 2.75) is 32.8 Å². The minimum Gasteiger partial charge on any atom is -0.374 e. The highest BCUT2D eigenvalue weighted by molar-refractivity contribution is 4.82. The summed E-state index contributed by atoms with van der Waals surface area (Å²) in [5.41, 5.74) is 0. The second kappa shape index (κ2) is 5.83. The Morgan fingerprint density at radius 2 is 2.22 bits per heavy atom. The molecule has 1 atom stereocenters. The molecule has 0 aliphatic carbocycles. The van der Waals surface area contributed by atoms with Crippen LogP contribution in [-0.2, 0) is 4.74 Å². The zero-order valence-electron chi connectivity index (χ0n) is 6.39. The van der Waals surface area contributed by atoms with Gasteiger partial charge in [-0.2, -0.15) is 0 Å². The van der Waals surface area contributed by atoms with Gasteiger partial charge in [0.25, 0.3) is 0 Å². The van der Waals surface area contributed by atoms with Crippen LogP contribution in [0.25, 0.3) is 0 Å². The summed E-state index contributed by atoms with van der Waals surface area (Å²) in [6.45, 7) is 8.54. The molecule has 0 aromatic heterocycles. The minimum atomic E-state index is 0.361. The third-order valence-electron chi connectivity index (χ3n) is 1.23. The van der Waals surface area contributed by atoms with Gasteiger partial charge in [-0.15, -0.1) is 6.58 Å². The molecule has 1 rings (SSSR count). The molecule has 0 spiro atoms. The van der Waals surface area contributed by atoms with Crippen LogP contribution >= 0.6 is 0 Å². The van der Waals surface area contributed by atoms with Crippen LogP contribution < -0.4 is 0 Å². The Bertz CT molecular complexity index is 63.0. The van der Waals surface area contributed by atoms with E-state index < -0.39 is 0 Å². The molecule has 1 fully saturated rings. The number of hydrogen-bond donors (Lipinski definition) is 0. The fourth-order valence-corrected chi connectivity index (χ4v) is 0.788. The van der Waals surface area contributed by atoms with Gasteiger partial charge in [0.15, 0.2) is 0 Å². The van der Waals surface area contributed by atoms with E-state index in [1.54, 1.807) is 0 Å². The molecule has 1 aliphatic rings. The van der Waals surface area contributed by atoms with Crippen LogP contribution in [0.3, 0.4) is 0 Å². The zero-order valence-corrected chi connectivity index (χ0v) is 6.39. The van der Waals surface area contributed by atoms with E-state index in [-0.39, 0.29) is 0 Å². The number of hydrogen-bond acceptors (Lipinski definition) is 1. The molecule has 1 heteroatoms. The first-order valence-electron chi connectivity index (χ1n) is 3.67. The van der Waals surface area contributed by atoms with Gasteiger partial charge in [0.2, 0.25) is 0 Å². The van der Waals surface area contributed by atoms with Crippen molar-refractivity contribution in [3.63, 3.8) is 0 Å². The Balaban J connectivity index is 0.000000291. The van der Waals surface area contributed by atoms with E-state index in [2.05, 4.69) is 6.58 Å². The quantitative estimate of drug-likeness (QED) is 0.493. The molecule has 54 valence electrons. The van der Waals surface area contributed by atoms with Crippen molar-refractivity contribution in [3.8, 4) is 0 Å². The fraction of sp³-hybridized carbons (Fsp3) is 0.750. The van der Waals surface area contributed by atoms with E-state index in [1.165, 1.54) is 12.8 Å². The largest absolute Gasteiger partial charge is 0.374 e. The molecule has 0 N–H and O–H groups in total. The van der Waals surface area contributed by atoms with Crippen LogP contribution in [0.5, 0.6) is 0 Å². The van der Waals surface area contributed by atoms with Gasteiger partial charge in [0, 0.05) is 6.61 Å². The third kappa shape index (κ3) is 3.31. The average Bonchev–Trinajstić information content (AvgIpc) is 2.43. The van der Waals surface area contributed by atoms with E-state index in [4.69, 9.17) is 4.74 Å². The molecule has 1 saturated heterocycles. The maximum atomic E-state index is 5.18. The van der Waals surface area contributed by atoms with Crippen LogP contribution in [0.1, 0.15) is 26.7 Å². The predicted octanol–water partition coefficient (Wildman–Crippen LogP) is 2.38. The summed E-state index contributed by atoms with van der Waals surface area (Å²) < 4.78 is 5.18. The molecule has 0 aromatic rings. The molecule has 1 nitrogen and oxygen atoms in total. The number of ether oxygens (including phenoxy) is 1. The van der Waals surface area contributed by atoms with E-state index in [0.717, 1.165) is 6.61 Å². The predicted molar refractivity (Wildman–Crippen MR) is 40.5 cm³/mol. The SMILES string of the molecule is C=CC1CCCO1.CC. The maximum absolute atomic E-state index is 5.18. The molecule has 0 amide bonds. The van der Waals surface area contributed by atoms with E-state index >= 15 is 0 Å². The lowest BCUT2D eigenvalue weighted by Gasteiger charge is -1.97. The molecule has 0 bridgehead atoms. The summed E-state index contributed by atoms with van der Waals surface area (Å²) >= 11 is 0. The zero-order chi connectivity index (χ0) is 7.11. The van der Waals surface area contributed by atoms with Gasteiger partial charge >= 0.3 is 0 Å². The van der Waals surface area contributed by atoms with Gasteiger partial charge in [-0.05, 0) is 12.8 Å². The summed E-state index contributed by atoms with van der Waals surface area (Å²) in [4.78, 5) is 0. The van der Waals surface area contributed by atoms with Crippen molar-refractivity contribution in [1.82, 2.24) is 0 Å². The van der Waals surface area contributed by atoms with Crippen LogP contribution in [0, 0.1) is 0 Å². The van der Waals surface area contributed by atoms with Gasteiger partial charge in [0.1, 0.15) is 0 Å². The second-order valence-electron chi connectivity index (χ2n) is 1.79. The van der Waals surface area contributed by atoms with Crippen molar-refractivity contribution >= 4 is 0 Å². The van der Waals surface area contributed by atoms with Gasteiger partial charge in [0.05, 0.1) is 6.10 Å². The van der Waals surface area contributed by atoms with Gasteiger partial charge < -0.3 is 4.74 Å². The highest BCUT2D eigenvalue weighted by Crippen LogP contribution is 2.11. The molecular weight excluding hydrogens is 112 g/mol. The van der Waals surface area contributed by atoms with Gasteiger partial charge in [-0.25, -0.2) is 0 Å². The first-order chi connectivity index (χ1) is 4.43. The van der Waals surface area contributed by atoms with Crippen LogP contribution in [0.15, 0.2) is 12.7 Å². The van der Waals surface area contributed by atoms with Crippen molar-refractivity contribution in [2.75, 3.05) is 6.61 Å². The molecular formula is C8H16O. The molecule has 0 aromatic carbocycles. The standard InChI is InChI=1S/C6H10O.C2H6/c1-2-6-4-3-5-7-6;1-2/h2,6H,1,3-5H2;1-2H3. The first kappa shape index (κ1) is 8.70. The maximum Gasteiger partial charge on any atom is 0.0754 e. The van der Waals surface area contributed by atoms with Crippen LogP contribution in [0.4, 0.5) is 0 Å². The Morgan fingerprint density at radius 1 is 1.56 bits per heavy atom. The summed E-state index contributed by atoms with van der Waals surface area (Å²) in [6, 6.07) is 0. The Morgan fingerprint density at radius 3 is 2.44 bits per heavy atom. The van der Waals surface area contributed by atoms with Crippen molar-refractivity contribution in [1.29, 1.82) is 0 Å². The lowest BCUT2D eigenvalue weighted by Crippen LogP contribution is -1.96. The fourth-order valence-electron chi connectivity index (χ4n) is 0.788. The Kier molecular flexibility index (Phi) is 5.64. The smallest absolute Gasteiger partial charge is 0.0754 e. The highest BCUT2D eigenvalue weighted by Gasteiger charge is 2.09. The lowest BCUT2D eigenvalue weighted by atomic mass is 10.2. The second-order valence-corrected chi connectivity index (χ2v) is 1.79. The van der Waals surface area contributed by atoms with Crippen molar-refractivity contribution in [3.05, 3.63) is 12.7 Å². The summed E-state index contributed by atoms with van der Waals surface area (Å²) in [5, 5.41) is 0. The third-order valence-corrected chi connectivity index (χ3v) is 1.23. The molecule has 0 radical (unpaired) electrons. The molecule has 9 heavy (non-hydrogen) atoms. The summed E-state index contributed by atoms with van der Waals surface area (Å²) in [5.74, 6) is 0. The Labute approximate surface area is 57.7 Å². The minimum absolute atomic E-state index is 0.361. The summed E-state index contributed by atoms with van der Waals surface area (Å²) in [7, 11) is 0. The van der Waals surface area contributed by atoms with Crippen molar-refractivity contribution < 1.29 is 4.74 Å². The van der Waals surface area contributed by atoms with E-state index in [9.17, 15) is 0 Å². The molecule has 1 unspecified atom stereocenters. The lowest BCUT2D eigenvalue weighted by molar-refractivity contribution is 0.146. The summed E-state index contributed by atoms with van der Waals surface area (Å²) in [6.07, 6.45) is 4.60. The van der Waals surface area contributed by atoms with Crippen LogP contribution in [-0.4, -0.2) is 12.7 Å². The van der Waals surface area contributed by atoms with Gasteiger partial charge in [-0.1, -0.05) is 19.9 Å². The van der Waals surface area contributed by atoms with Gasteiger partial charge in [-0.3, -0.25) is 0 Å². The molecule has 1 aliphatic heterocycles.